The van der Waals surface area contributed by atoms with E-state index in [4.69, 9.17) is 5.73 Å². The van der Waals surface area contributed by atoms with E-state index in [0.29, 0.717) is 5.57 Å². The first kappa shape index (κ1) is 8.17. The van der Waals surface area contributed by atoms with Crippen LogP contribution in [0.1, 0.15) is 6.92 Å². The van der Waals surface area contributed by atoms with Gasteiger partial charge in [-0.2, -0.15) is 0 Å². The van der Waals surface area contributed by atoms with E-state index in [-0.39, 0.29) is 0 Å². The monoisotopic (exact) mass is 129 g/mol. The van der Waals surface area contributed by atoms with Gasteiger partial charge in [-0.05, 0) is 6.92 Å². The SMILES string of the molecule is C=C(C)[C@@H](N)C(=O)OC. The number of methoxy groups -OCH3 is 1. The van der Waals surface area contributed by atoms with E-state index in [1.54, 1.807) is 6.92 Å². The molecule has 0 radical (unpaired) electrons. The second-order valence-electron chi connectivity index (χ2n) is 1.85. The maximum Gasteiger partial charge on any atom is 0.326 e. The highest BCUT2D eigenvalue weighted by Gasteiger charge is 2.12. The van der Waals surface area contributed by atoms with Crippen LogP contribution in [-0.4, -0.2) is 19.1 Å². The second-order valence-corrected chi connectivity index (χ2v) is 1.85. The Labute approximate surface area is 54.5 Å². The Morgan fingerprint density at radius 1 is 1.78 bits per heavy atom. The van der Waals surface area contributed by atoms with Crippen LogP contribution in [0.2, 0.25) is 0 Å². The molecule has 0 aliphatic carbocycles. The third-order valence-corrected chi connectivity index (χ3v) is 0.986. The fourth-order valence-electron chi connectivity index (χ4n) is 0.328. The number of esters is 1. The van der Waals surface area contributed by atoms with Crippen molar-refractivity contribution in [3.8, 4) is 0 Å². The molecule has 2 N–H and O–H groups in total. The van der Waals surface area contributed by atoms with Crippen LogP contribution < -0.4 is 5.73 Å². The molecule has 0 aliphatic rings. The minimum Gasteiger partial charge on any atom is -0.468 e. The summed E-state index contributed by atoms with van der Waals surface area (Å²) in [6.45, 7) is 5.18. The van der Waals surface area contributed by atoms with Gasteiger partial charge in [-0.1, -0.05) is 12.2 Å². The lowest BCUT2D eigenvalue weighted by molar-refractivity contribution is -0.141. The summed E-state index contributed by atoms with van der Waals surface area (Å²) in [6, 6.07) is -0.671. The molecule has 0 unspecified atom stereocenters. The molecule has 0 aromatic carbocycles. The van der Waals surface area contributed by atoms with Gasteiger partial charge in [0.2, 0.25) is 0 Å². The summed E-state index contributed by atoms with van der Waals surface area (Å²) in [6.07, 6.45) is 0. The normalized spacial score (nSPS) is 12.3. The van der Waals surface area contributed by atoms with Crippen molar-refractivity contribution in [1.29, 1.82) is 0 Å². The Balaban J connectivity index is 3.88. The van der Waals surface area contributed by atoms with Gasteiger partial charge in [-0.25, -0.2) is 0 Å². The zero-order valence-electron chi connectivity index (χ0n) is 5.68. The second kappa shape index (κ2) is 3.25. The Hall–Kier alpha value is -0.830. The van der Waals surface area contributed by atoms with Gasteiger partial charge in [0, 0.05) is 0 Å². The molecule has 1 atom stereocenters. The molecule has 0 aromatic rings. The van der Waals surface area contributed by atoms with E-state index in [1.807, 2.05) is 0 Å². The average Bonchev–Trinajstić information content (AvgIpc) is 1.84. The van der Waals surface area contributed by atoms with Gasteiger partial charge >= 0.3 is 5.97 Å². The van der Waals surface area contributed by atoms with Crippen LogP contribution in [0, 0.1) is 0 Å². The molecule has 9 heavy (non-hydrogen) atoms. The van der Waals surface area contributed by atoms with Crippen molar-refractivity contribution >= 4 is 5.97 Å². The van der Waals surface area contributed by atoms with Crippen molar-refractivity contribution in [2.24, 2.45) is 5.73 Å². The van der Waals surface area contributed by atoms with Gasteiger partial charge in [-0.15, -0.1) is 0 Å². The molecule has 0 amide bonds. The van der Waals surface area contributed by atoms with Crippen LogP contribution in [0.15, 0.2) is 12.2 Å². The first-order valence-electron chi connectivity index (χ1n) is 2.58. The summed E-state index contributed by atoms with van der Waals surface area (Å²) in [5, 5.41) is 0. The number of carbonyl (C=O) groups is 1. The third-order valence-electron chi connectivity index (χ3n) is 0.986. The summed E-state index contributed by atoms with van der Waals surface area (Å²) in [7, 11) is 1.30. The summed E-state index contributed by atoms with van der Waals surface area (Å²) in [4.78, 5) is 10.5. The number of rotatable bonds is 2. The average molecular weight is 129 g/mol. The molecule has 0 rings (SSSR count). The standard InChI is InChI=1S/C6H11NO2/c1-4(2)5(7)6(8)9-3/h5H,1,7H2,2-3H3/t5-/m1/s1. The lowest BCUT2D eigenvalue weighted by Gasteiger charge is -2.06. The Morgan fingerprint density at radius 3 is 2.33 bits per heavy atom. The molecule has 0 saturated heterocycles. The van der Waals surface area contributed by atoms with E-state index in [2.05, 4.69) is 11.3 Å². The predicted molar refractivity (Wildman–Crippen MR) is 34.8 cm³/mol. The van der Waals surface area contributed by atoms with E-state index in [0.717, 1.165) is 0 Å². The zero-order chi connectivity index (χ0) is 7.44. The molecule has 52 valence electrons. The van der Waals surface area contributed by atoms with Crippen molar-refractivity contribution in [1.82, 2.24) is 0 Å². The van der Waals surface area contributed by atoms with Gasteiger partial charge < -0.3 is 10.5 Å². The third kappa shape index (κ3) is 2.28. The van der Waals surface area contributed by atoms with Gasteiger partial charge in [0.1, 0.15) is 6.04 Å². The Bertz CT molecular complexity index is 131. The predicted octanol–water partition coefficient (Wildman–Crippen LogP) is 0.0628. The minimum atomic E-state index is -0.671. The van der Waals surface area contributed by atoms with Crippen LogP contribution in [0.25, 0.3) is 0 Å². The van der Waals surface area contributed by atoms with Crippen molar-refractivity contribution in [3.63, 3.8) is 0 Å². The topological polar surface area (TPSA) is 52.3 Å². The highest BCUT2D eigenvalue weighted by atomic mass is 16.5. The zero-order valence-corrected chi connectivity index (χ0v) is 5.68. The molecule has 0 aromatic heterocycles. The number of hydrogen-bond donors (Lipinski definition) is 1. The molecule has 0 aliphatic heterocycles. The molecule has 3 heteroatoms. The quantitative estimate of drug-likeness (QED) is 0.424. The van der Waals surface area contributed by atoms with Gasteiger partial charge in [0.15, 0.2) is 0 Å². The van der Waals surface area contributed by atoms with Crippen LogP contribution in [-0.2, 0) is 9.53 Å². The van der Waals surface area contributed by atoms with Crippen LogP contribution >= 0.6 is 0 Å². The summed E-state index contributed by atoms with van der Waals surface area (Å²) in [5.41, 5.74) is 5.91. The molecule has 3 nitrogen and oxygen atoms in total. The number of ether oxygens (including phenoxy) is 1. The van der Waals surface area contributed by atoms with Crippen molar-refractivity contribution < 1.29 is 9.53 Å². The van der Waals surface area contributed by atoms with E-state index < -0.39 is 12.0 Å². The molecular formula is C6H11NO2. The van der Waals surface area contributed by atoms with Crippen molar-refractivity contribution in [2.45, 2.75) is 13.0 Å². The Kier molecular flexibility index (Phi) is 2.95. The highest BCUT2D eigenvalue weighted by molar-refractivity contribution is 5.78. The molecule has 0 spiro atoms. The first-order valence-corrected chi connectivity index (χ1v) is 2.58. The van der Waals surface area contributed by atoms with E-state index in [9.17, 15) is 4.79 Å². The molecule has 0 bridgehead atoms. The first-order chi connectivity index (χ1) is 4.09. The highest BCUT2D eigenvalue weighted by Crippen LogP contribution is 1.94. The molecule has 0 fully saturated rings. The van der Waals surface area contributed by atoms with Gasteiger partial charge in [-0.3, -0.25) is 4.79 Å². The summed E-state index contributed by atoms with van der Waals surface area (Å²) >= 11 is 0. The lowest BCUT2D eigenvalue weighted by atomic mass is 10.2. The fourth-order valence-corrected chi connectivity index (χ4v) is 0.328. The molecular weight excluding hydrogens is 118 g/mol. The lowest BCUT2D eigenvalue weighted by Crippen LogP contribution is -2.32. The van der Waals surface area contributed by atoms with Crippen molar-refractivity contribution in [2.75, 3.05) is 7.11 Å². The van der Waals surface area contributed by atoms with Gasteiger partial charge in [0.25, 0.3) is 0 Å². The van der Waals surface area contributed by atoms with Crippen LogP contribution in [0.4, 0.5) is 0 Å². The van der Waals surface area contributed by atoms with Crippen LogP contribution in [0.5, 0.6) is 0 Å². The summed E-state index contributed by atoms with van der Waals surface area (Å²) < 4.78 is 4.35. The van der Waals surface area contributed by atoms with Crippen molar-refractivity contribution in [3.05, 3.63) is 12.2 Å². The number of nitrogens with two attached hydrogens (primary N) is 1. The smallest absolute Gasteiger partial charge is 0.326 e. The van der Waals surface area contributed by atoms with E-state index >= 15 is 0 Å². The maximum absolute atomic E-state index is 10.5. The van der Waals surface area contributed by atoms with E-state index in [1.165, 1.54) is 7.11 Å². The van der Waals surface area contributed by atoms with Crippen LogP contribution in [0.3, 0.4) is 0 Å². The molecule has 0 heterocycles. The minimum absolute atomic E-state index is 0.442. The number of carbonyl (C=O) groups excluding carboxylic acids is 1. The maximum atomic E-state index is 10.5. The fraction of sp³-hybridized carbons (Fsp3) is 0.500. The summed E-state index contributed by atoms with van der Waals surface area (Å²) in [5.74, 6) is -0.442. The van der Waals surface area contributed by atoms with Gasteiger partial charge in [0.05, 0.1) is 7.11 Å². The Morgan fingerprint density at radius 2 is 2.22 bits per heavy atom. The number of hydrogen-bond acceptors (Lipinski definition) is 3. The largest absolute Gasteiger partial charge is 0.468 e. The molecule has 0 saturated carbocycles.